The third-order valence-corrected chi connectivity index (χ3v) is 2.15. The van der Waals surface area contributed by atoms with Crippen molar-refractivity contribution in [3.8, 4) is 21.4 Å². The van der Waals surface area contributed by atoms with E-state index in [1.165, 1.54) is 6.92 Å². The van der Waals surface area contributed by atoms with E-state index in [1.807, 2.05) is 0 Å². The normalized spacial score (nSPS) is 7.78. The van der Waals surface area contributed by atoms with E-state index in [-0.39, 0.29) is 0 Å². The van der Waals surface area contributed by atoms with Crippen LogP contribution < -0.4 is 0 Å². The van der Waals surface area contributed by atoms with Crippen LogP contribution in [-0.2, 0) is 0 Å². The number of hydrogen-bond donors (Lipinski definition) is 0. The maximum absolute atomic E-state index is 8.26. The zero-order chi connectivity index (χ0) is 7.33. The van der Waals surface area contributed by atoms with Crippen molar-refractivity contribution >= 4 is 9.44 Å². The Labute approximate surface area is 54.3 Å². The first-order chi connectivity index (χ1) is 4.24. The van der Waals surface area contributed by atoms with E-state index in [9.17, 15) is 0 Å². The van der Waals surface area contributed by atoms with Gasteiger partial charge in [0, 0.05) is 0 Å². The lowest BCUT2D eigenvalue weighted by Gasteiger charge is -1.85. The van der Waals surface area contributed by atoms with Gasteiger partial charge in [-0.1, -0.05) is 5.18 Å². The van der Waals surface area contributed by atoms with Gasteiger partial charge in [0.2, 0.25) is 0 Å². The van der Waals surface area contributed by atoms with Crippen molar-refractivity contribution in [1.82, 2.24) is 0 Å². The predicted molar refractivity (Wildman–Crippen MR) is 34.0 cm³/mol. The molecule has 0 fully saturated rings. The molecule has 0 unspecified atom stereocenters. The van der Waals surface area contributed by atoms with Crippen molar-refractivity contribution in [3.05, 3.63) is 0 Å². The summed E-state index contributed by atoms with van der Waals surface area (Å²) in [7, 11) is -2.48. The van der Waals surface area contributed by atoms with Gasteiger partial charge in [0.25, 0.3) is 0 Å². The second-order valence-corrected chi connectivity index (χ2v) is 3.27. The molecule has 0 aromatic heterocycles. The van der Waals surface area contributed by atoms with Crippen molar-refractivity contribution in [1.29, 1.82) is 15.8 Å². The van der Waals surface area contributed by atoms with Crippen molar-refractivity contribution < 1.29 is 0 Å². The zero-order valence-electron chi connectivity index (χ0n) is 4.75. The first-order valence-corrected chi connectivity index (χ1v) is 3.62. The molecule has 44 valence electrons. The highest BCUT2D eigenvalue weighted by molar-refractivity contribution is 8.35. The van der Waals surface area contributed by atoms with Gasteiger partial charge in [0.15, 0.2) is 16.2 Å². The summed E-state index contributed by atoms with van der Waals surface area (Å²) >= 11 is 0. The smallest absolute Gasteiger partial charge is 0.151 e. The highest BCUT2D eigenvalue weighted by atomic mass is 32.2. The van der Waals surface area contributed by atoms with E-state index in [1.54, 1.807) is 16.2 Å². The van der Waals surface area contributed by atoms with Crippen LogP contribution in [0.1, 0.15) is 6.92 Å². The summed E-state index contributed by atoms with van der Waals surface area (Å²) in [6.45, 7) is 1.42. The van der Waals surface area contributed by atoms with Gasteiger partial charge in [-0.05, 0) is 6.92 Å². The molecule has 9 heavy (non-hydrogen) atoms. The highest BCUT2D eigenvalue weighted by Gasteiger charge is 2.03. The van der Waals surface area contributed by atoms with E-state index >= 15 is 0 Å². The Morgan fingerprint density at radius 1 is 1.00 bits per heavy atom. The van der Waals surface area contributed by atoms with Gasteiger partial charge in [-0.2, -0.15) is 15.8 Å². The van der Waals surface area contributed by atoms with Crippen LogP contribution in [0.15, 0.2) is 0 Å². The average molecular weight is 137 g/mol. The van der Waals surface area contributed by atoms with Crippen LogP contribution in [-0.4, -0.2) is 0 Å². The Balaban J connectivity index is 5.27. The Morgan fingerprint density at radius 2 is 1.33 bits per heavy atom. The molecule has 0 saturated carbocycles. The summed E-state index contributed by atoms with van der Waals surface area (Å²) < 4.78 is 0. The summed E-state index contributed by atoms with van der Waals surface area (Å²) in [6.07, 6.45) is 0. The van der Waals surface area contributed by atoms with Gasteiger partial charge in [-0.25, -0.2) is 0 Å². The van der Waals surface area contributed by atoms with Gasteiger partial charge < -0.3 is 0 Å². The van der Waals surface area contributed by atoms with Crippen molar-refractivity contribution in [3.63, 3.8) is 0 Å². The highest BCUT2D eigenvalue weighted by Crippen LogP contribution is 2.26. The minimum atomic E-state index is -2.48. The Kier molecular flexibility index (Phi) is 2.36. The van der Waals surface area contributed by atoms with E-state index < -0.39 is 9.44 Å². The van der Waals surface area contributed by atoms with Gasteiger partial charge in [-0.3, -0.25) is 0 Å². The number of hydrogen-bond acceptors (Lipinski definition) is 3. The molecule has 0 heterocycles. The molecule has 0 aromatic carbocycles. The molecule has 3 nitrogen and oxygen atoms in total. The fraction of sp³-hybridized carbons (Fsp3) is 0.200. The molecule has 0 spiro atoms. The van der Waals surface area contributed by atoms with Crippen LogP contribution in [0.3, 0.4) is 0 Å². The summed E-state index contributed by atoms with van der Waals surface area (Å²) in [5.74, 6) is 0. The largest absolute Gasteiger partial charge is 0.184 e. The molecular weight excluding hydrogens is 134 g/mol. The van der Waals surface area contributed by atoms with Crippen LogP contribution >= 0.6 is 9.44 Å². The molecule has 0 atom stereocenters. The zero-order valence-corrected chi connectivity index (χ0v) is 5.57. The van der Waals surface area contributed by atoms with Crippen molar-refractivity contribution in [2.75, 3.05) is 0 Å². The minimum absolute atomic E-state index is 1.42. The molecule has 0 rings (SSSR count). The second-order valence-electron chi connectivity index (χ2n) is 1.09. The molecule has 0 saturated heterocycles. The number of nitriles is 3. The maximum Gasteiger partial charge on any atom is 0.151 e. The van der Waals surface area contributed by atoms with Crippen LogP contribution in [0.4, 0.5) is 0 Å². The van der Waals surface area contributed by atoms with Gasteiger partial charge >= 0.3 is 0 Å². The topological polar surface area (TPSA) is 71.4 Å². The van der Waals surface area contributed by atoms with E-state index in [4.69, 9.17) is 15.8 Å². The van der Waals surface area contributed by atoms with Gasteiger partial charge in [0.05, 0.1) is 9.44 Å². The lowest BCUT2D eigenvalue weighted by atomic mass is 11.0. The SMILES string of the molecule is CC#S(C#N)(C#N)C#N. The molecular formula is C5H3N3S. The lowest BCUT2D eigenvalue weighted by Crippen LogP contribution is -1.67. The quantitative estimate of drug-likeness (QED) is 0.471. The van der Waals surface area contributed by atoms with Crippen LogP contribution in [0.5, 0.6) is 0 Å². The number of nitrogens with zero attached hydrogens (tertiary/aromatic N) is 3. The number of rotatable bonds is 0. The maximum atomic E-state index is 8.26. The Bertz CT molecular complexity index is 285. The predicted octanol–water partition coefficient (Wildman–Crippen LogP) is 1.21. The van der Waals surface area contributed by atoms with E-state index in [2.05, 4.69) is 5.18 Å². The molecule has 0 aromatic rings. The summed E-state index contributed by atoms with van der Waals surface area (Å²) in [5, 5.41) is 32.0. The third-order valence-electron chi connectivity index (χ3n) is 0.717. The van der Waals surface area contributed by atoms with E-state index in [0.29, 0.717) is 0 Å². The average Bonchev–Trinajstić information content (AvgIpc) is 1.95. The Hall–Kier alpha value is -1.40. The fourth-order valence-corrected chi connectivity index (χ4v) is 0.595. The monoisotopic (exact) mass is 137 g/mol. The molecule has 0 N–H and O–H groups in total. The third kappa shape index (κ3) is 1.24. The molecule has 0 aliphatic rings. The first kappa shape index (κ1) is 7.60. The lowest BCUT2D eigenvalue weighted by molar-refractivity contribution is 1.54. The summed E-state index contributed by atoms with van der Waals surface area (Å²) in [6, 6.07) is 0. The van der Waals surface area contributed by atoms with Crippen LogP contribution in [0.2, 0.25) is 0 Å². The summed E-state index contributed by atoms with van der Waals surface area (Å²) in [5.41, 5.74) is 0. The summed E-state index contributed by atoms with van der Waals surface area (Å²) in [4.78, 5) is 0. The van der Waals surface area contributed by atoms with E-state index in [0.717, 1.165) is 0 Å². The molecule has 0 bridgehead atoms. The van der Waals surface area contributed by atoms with Crippen molar-refractivity contribution in [2.24, 2.45) is 0 Å². The number of thiocyanates is 3. The molecule has 0 aliphatic carbocycles. The van der Waals surface area contributed by atoms with Gasteiger partial charge in [-0.15, -0.1) is 0 Å². The molecule has 0 amide bonds. The van der Waals surface area contributed by atoms with Crippen LogP contribution in [0, 0.1) is 37.2 Å². The minimum Gasteiger partial charge on any atom is -0.184 e. The van der Waals surface area contributed by atoms with Crippen LogP contribution in [0.25, 0.3) is 0 Å². The molecule has 4 heteroatoms. The molecule has 0 aliphatic heterocycles. The second kappa shape index (κ2) is 2.80. The van der Waals surface area contributed by atoms with Gasteiger partial charge in [0.1, 0.15) is 0 Å². The fourth-order valence-electron chi connectivity index (χ4n) is 0.198. The Morgan fingerprint density at radius 3 is 1.33 bits per heavy atom. The molecule has 0 radical (unpaired) electrons. The standard InChI is InChI=1S/C5H3N3S/c1-2-9(3-6,4-7)5-8/h1H3. The van der Waals surface area contributed by atoms with Crippen molar-refractivity contribution in [2.45, 2.75) is 6.92 Å². The first-order valence-electron chi connectivity index (χ1n) is 1.99.